The normalized spacial score (nSPS) is 32.7. The van der Waals surface area contributed by atoms with Gasteiger partial charge in [0, 0.05) is 32.1 Å². The standard InChI is InChI=1S/C11H19N3O4/c12-7-2-1-3-13(5-7)11(18)14-6-8(15)4-9(14)10(16)17/h7-9,15H,1-6,12H2,(H,16,17). The number of carboxylic acid groups (broad SMARTS) is 1. The summed E-state index contributed by atoms with van der Waals surface area (Å²) in [5.41, 5.74) is 5.81. The quantitative estimate of drug-likeness (QED) is 0.561. The van der Waals surface area contributed by atoms with Crippen LogP contribution in [-0.4, -0.2) is 69.8 Å². The van der Waals surface area contributed by atoms with Gasteiger partial charge in [-0.15, -0.1) is 0 Å². The number of nitrogens with zero attached hydrogens (tertiary/aromatic N) is 2. The highest BCUT2D eigenvalue weighted by Gasteiger charge is 2.41. The second-order valence-electron chi connectivity index (χ2n) is 5.03. The Morgan fingerprint density at radius 3 is 2.61 bits per heavy atom. The van der Waals surface area contributed by atoms with Crippen molar-refractivity contribution in [1.82, 2.24) is 9.80 Å². The first-order valence-corrected chi connectivity index (χ1v) is 6.21. The number of likely N-dealkylation sites (tertiary alicyclic amines) is 2. The molecule has 0 aromatic carbocycles. The van der Waals surface area contributed by atoms with Crippen LogP contribution in [0.15, 0.2) is 0 Å². The van der Waals surface area contributed by atoms with Gasteiger partial charge >= 0.3 is 12.0 Å². The molecule has 2 rings (SSSR count). The smallest absolute Gasteiger partial charge is 0.326 e. The summed E-state index contributed by atoms with van der Waals surface area (Å²) in [6.07, 6.45) is 1.06. The molecule has 7 nitrogen and oxygen atoms in total. The summed E-state index contributed by atoms with van der Waals surface area (Å²) < 4.78 is 0. The summed E-state index contributed by atoms with van der Waals surface area (Å²) in [7, 11) is 0. The average molecular weight is 257 g/mol. The average Bonchev–Trinajstić information content (AvgIpc) is 2.70. The number of aliphatic hydroxyl groups is 1. The van der Waals surface area contributed by atoms with E-state index in [2.05, 4.69) is 0 Å². The molecule has 0 aromatic heterocycles. The zero-order valence-electron chi connectivity index (χ0n) is 10.2. The van der Waals surface area contributed by atoms with E-state index in [9.17, 15) is 14.7 Å². The Kier molecular flexibility index (Phi) is 3.72. The first kappa shape index (κ1) is 13.1. The molecule has 102 valence electrons. The molecule has 2 heterocycles. The van der Waals surface area contributed by atoms with E-state index in [1.165, 1.54) is 4.90 Å². The van der Waals surface area contributed by atoms with Gasteiger partial charge in [0.15, 0.2) is 0 Å². The van der Waals surface area contributed by atoms with Crippen LogP contribution in [0.5, 0.6) is 0 Å². The highest BCUT2D eigenvalue weighted by Crippen LogP contribution is 2.21. The van der Waals surface area contributed by atoms with E-state index in [4.69, 9.17) is 10.8 Å². The number of rotatable bonds is 1. The van der Waals surface area contributed by atoms with E-state index in [1.54, 1.807) is 4.90 Å². The molecule has 2 aliphatic rings. The zero-order chi connectivity index (χ0) is 13.3. The predicted octanol–water partition coefficient (Wildman–Crippen LogP) is -0.951. The lowest BCUT2D eigenvalue weighted by atomic mass is 10.1. The van der Waals surface area contributed by atoms with E-state index >= 15 is 0 Å². The largest absolute Gasteiger partial charge is 0.480 e. The SMILES string of the molecule is NC1CCCN(C(=O)N2CC(O)CC2C(=O)O)C1. The molecule has 3 unspecified atom stereocenters. The molecular formula is C11H19N3O4. The van der Waals surface area contributed by atoms with E-state index in [0.29, 0.717) is 13.1 Å². The topological polar surface area (TPSA) is 107 Å². The van der Waals surface area contributed by atoms with Crippen LogP contribution in [0.2, 0.25) is 0 Å². The van der Waals surface area contributed by atoms with Gasteiger partial charge in [0.1, 0.15) is 6.04 Å². The Labute approximate surface area is 105 Å². The number of nitrogens with two attached hydrogens (primary N) is 1. The molecule has 2 aliphatic heterocycles. The van der Waals surface area contributed by atoms with Gasteiger partial charge in [0.05, 0.1) is 6.10 Å². The molecule has 0 radical (unpaired) electrons. The second kappa shape index (κ2) is 5.11. The third-order valence-corrected chi connectivity index (χ3v) is 3.54. The summed E-state index contributed by atoms with van der Waals surface area (Å²) in [4.78, 5) is 26.1. The molecule has 2 amide bonds. The third kappa shape index (κ3) is 2.56. The van der Waals surface area contributed by atoms with Crippen molar-refractivity contribution in [2.45, 2.75) is 37.5 Å². The van der Waals surface area contributed by atoms with E-state index in [1.807, 2.05) is 0 Å². The monoisotopic (exact) mass is 257 g/mol. The minimum Gasteiger partial charge on any atom is -0.480 e. The molecule has 0 bridgehead atoms. The maximum absolute atomic E-state index is 12.2. The highest BCUT2D eigenvalue weighted by molar-refractivity contribution is 5.83. The number of amides is 2. The van der Waals surface area contributed by atoms with Crippen LogP contribution in [-0.2, 0) is 4.79 Å². The summed E-state index contributed by atoms with van der Waals surface area (Å²) in [5, 5.41) is 18.6. The Bertz CT molecular complexity index is 349. The summed E-state index contributed by atoms with van der Waals surface area (Å²) >= 11 is 0. The van der Waals surface area contributed by atoms with Crippen molar-refractivity contribution >= 4 is 12.0 Å². The number of aliphatic hydroxyl groups excluding tert-OH is 1. The van der Waals surface area contributed by atoms with Crippen LogP contribution < -0.4 is 5.73 Å². The lowest BCUT2D eigenvalue weighted by Crippen LogP contribution is -2.53. The zero-order valence-corrected chi connectivity index (χ0v) is 10.2. The Morgan fingerprint density at radius 2 is 2.00 bits per heavy atom. The number of carbonyl (C=O) groups is 2. The van der Waals surface area contributed by atoms with E-state index < -0.39 is 18.1 Å². The maximum atomic E-state index is 12.2. The van der Waals surface area contributed by atoms with Crippen LogP contribution in [0.4, 0.5) is 4.79 Å². The van der Waals surface area contributed by atoms with Crippen molar-refractivity contribution < 1.29 is 19.8 Å². The molecule has 2 saturated heterocycles. The molecule has 18 heavy (non-hydrogen) atoms. The Hall–Kier alpha value is -1.34. The third-order valence-electron chi connectivity index (χ3n) is 3.54. The fourth-order valence-corrected chi connectivity index (χ4v) is 2.62. The van der Waals surface area contributed by atoms with Gasteiger partial charge in [0.25, 0.3) is 0 Å². The van der Waals surface area contributed by atoms with Crippen LogP contribution in [0, 0.1) is 0 Å². The van der Waals surface area contributed by atoms with Gasteiger partial charge in [0.2, 0.25) is 0 Å². The molecule has 2 fully saturated rings. The summed E-state index contributed by atoms with van der Waals surface area (Å²) in [5.74, 6) is -1.07. The number of carbonyl (C=O) groups excluding carboxylic acids is 1. The maximum Gasteiger partial charge on any atom is 0.326 e. The predicted molar refractivity (Wildman–Crippen MR) is 62.9 cm³/mol. The molecule has 0 saturated carbocycles. The van der Waals surface area contributed by atoms with E-state index in [0.717, 1.165) is 12.8 Å². The van der Waals surface area contributed by atoms with Gasteiger partial charge in [-0.1, -0.05) is 0 Å². The number of aliphatic carboxylic acids is 1. The van der Waals surface area contributed by atoms with Crippen molar-refractivity contribution in [1.29, 1.82) is 0 Å². The molecule has 0 aromatic rings. The number of carboxylic acids is 1. The highest BCUT2D eigenvalue weighted by atomic mass is 16.4. The van der Waals surface area contributed by atoms with Crippen LogP contribution in [0.3, 0.4) is 0 Å². The van der Waals surface area contributed by atoms with Crippen molar-refractivity contribution in [2.24, 2.45) is 5.73 Å². The fraction of sp³-hybridized carbons (Fsp3) is 0.818. The number of urea groups is 1. The van der Waals surface area contributed by atoms with Gasteiger partial charge < -0.3 is 25.7 Å². The van der Waals surface area contributed by atoms with Crippen molar-refractivity contribution in [3.8, 4) is 0 Å². The number of hydrogen-bond acceptors (Lipinski definition) is 4. The van der Waals surface area contributed by atoms with Gasteiger partial charge in [-0.3, -0.25) is 0 Å². The van der Waals surface area contributed by atoms with Crippen molar-refractivity contribution in [2.75, 3.05) is 19.6 Å². The molecular weight excluding hydrogens is 238 g/mol. The molecule has 0 spiro atoms. The van der Waals surface area contributed by atoms with Gasteiger partial charge in [-0.05, 0) is 12.8 Å². The summed E-state index contributed by atoms with van der Waals surface area (Å²) in [6, 6.07) is -1.29. The number of β-amino-alcohol motifs (C(OH)–C–C–N with tert-alkyl or cyclic N) is 1. The first-order valence-electron chi connectivity index (χ1n) is 6.21. The second-order valence-corrected chi connectivity index (χ2v) is 5.03. The number of piperidine rings is 1. The lowest BCUT2D eigenvalue weighted by molar-refractivity contribution is -0.141. The van der Waals surface area contributed by atoms with Crippen molar-refractivity contribution in [3.63, 3.8) is 0 Å². The molecule has 7 heteroatoms. The molecule has 4 N–H and O–H groups in total. The van der Waals surface area contributed by atoms with E-state index in [-0.39, 0.29) is 25.0 Å². The number of hydrogen-bond donors (Lipinski definition) is 3. The van der Waals surface area contributed by atoms with Gasteiger partial charge in [-0.25, -0.2) is 9.59 Å². The van der Waals surface area contributed by atoms with Crippen molar-refractivity contribution in [3.05, 3.63) is 0 Å². The Balaban J connectivity index is 2.05. The van der Waals surface area contributed by atoms with Crippen LogP contribution in [0.1, 0.15) is 19.3 Å². The Morgan fingerprint density at radius 1 is 1.28 bits per heavy atom. The minimum absolute atomic E-state index is 0.0431. The lowest BCUT2D eigenvalue weighted by Gasteiger charge is -2.35. The van der Waals surface area contributed by atoms with Gasteiger partial charge in [-0.2, -0.15) is 0 Å². The molecule has 3 atom stereocenters. The fourth-order valence-electron chi connectivity index (χ4n) is 2.62. The molecule has 0 aliphatic carbocycles. The summed E-state index contributed by atoms with van der Waals surface area (Å²) in [6.45, 7) is 1.14. The first-order chi connectivity index (χ1) is 8.49. The van der Waals surface area contributed by atoms with Crippen LogP contribution in [0.25, 0.3) is 0 Å². The van der Waals surface area contributed by atoms with Crippen LogP contribution >= 0.6 is 0 Å². The minimum atomic E-state index is -1.07.